The van der Waals surface area contributed by atoms with Crippen LogP contribution in [-0.4, -0.2) is 16.9 Å². The number of nitrogens with zero attached hydrogens (tertiary/aromatic N) is 2. The number of aliphatic imine (C=N–C) groups is 1. The smallest absolute Gasteiger partial charge is 0.288 e. The third kappa shape index (κ3) is 4.39. The fraction of sp³-hybridized carbons (Fsp3) is 0. The molecule has 0 heterocycles. The van der Waals surface area contributed by atoms with Crippen LogP contribution in [0.2, 0.25) is 10.0 Å². The fourth-order valence-corrected chi connectivity index (χ4v) is 2.80. The van der Waals surface area contributed by atoms with Crippen molar-refractivity contribution >= 4 is 46.6 Å². The Morgan fingerprint density at radius 3 is 2.44 bits per heavy atom. The Balaban J connectivity index is 1.98. The topological polar surface area (TPSA) is 72.6 Å². The molecule has 0 fully saturated rings. The van der Waals surface area contributed by atoms with E-state index in [0.717, 1.165) is 0 Å². The van der Waals surface area contributed by atoms with Crippen LogP contribution in [0.25, 0.3) is 0 Å². The minimum Gasteiger partial charge on any atom is -0.289 e. The van der Waals surface area contributed by atoms with E-state index in [0.29, 0.717) is 27.4 Å². The Hall–Kier alpha value is -3.02. The number of halogens is 2. The average Bonchev–Trinajstić information content (AvgIpc) is 2.68. The van der Waals surface area contributed by atoms with Gasteiger partial charge in [-0.3, -0.25) is 19.9 Å². The van der Waals surface area contributed by atoms with Crippen molar-refractivity contribution in [3.63, 3.8) is 0 Å². The Bertz CT molecular complexity index is 1050. The van der Waals surface area contributed by atoms with Gasteiger partial charge in [0.25, 0.3) is 5.69 Å². The largest absolute Gasteiger partial charge is 0.289 e. The number of carbonyl (C=O) groups is 1. The van der Waals surface area contributed by atoms with Gasteiger partial charge >= 0.3 is 0 Å². The molecule has 134 valence electrons. The predicted molar refractivity (Wildman–Crippen MR) is 107 cm³/mol. The monoisotopic (exact) mass is 398 g/mol. The molecule has 0 saturated carbocycles. The summed E-state index contributed by atoms with van der Waals surface area (Å²) in [4.78, 5) is 27.5. The van der Waals surface area contributed by atoms with Gasteiger partial charge < -0.3 is 0 Å². The van der Waals surface area contributed by atoms with Gasteiger partial charge in [-0.25, -0.2) is 0 Å². The lowest BCUT2D eigenvalue weighted by molar-refractivity contribution is -0.384. The first-order chi connectivity index (χ1) is 13.0. The van der Waals surface area contributed by atoms with Crippen molar-refractivity contribution in [3.8, 4) is 0 Å². The van der Waals surface area contributed by atoms with Crippen molar-refractivity contribution in [2.24, 2.45) is 4.99 Å². The minimum atomic E-state index is -0.563. The van der Waals surface area contributed by atoms with Crippen LogP contribution in [0.1, 0.15) is 21.5 Å². The van der Waals surface area contributed by atoms with Gasteiger partial charge in [0, 0.05) is 28.4 Å². The highest BCUT2D eigenvalue weighted by Gasteiger charge is 2.15. The van der Waals surface area contributed by atoms with Crippen molar-refractivity contribution < 1.29 is 9.72 Å². The van der Waals surface area contributed by atoms with Crippen molar-refractivity contribution in [1.29, 1.82) is 0 Å². The maximum Gasteiger partial charge on any atom is 0.288 e. The lowest BCUT2D eigenvalue weighted by Gasteiger charge is -2.06. The van der Waals surface area contributed by atoms with E-state index < -0.39 is 4.92 Å². The Morgan fingerprint density at radius 1 is 1.00 bits per heavy atom. The van der Waals surface area contributed by atoms with Crippen LogP contribution in [0.3, 0.4) is 0 Å². The maximum absolute atomic E-state index is 12.8. The molecule has 0 N–H and O–H groups in total. The van der Waals surface area contributed by atoms with E-state index in [1.165, 1.54) is 18.3 Å². The number of carbonyl (C=O) groups excluding carboxylic acids is 1. The highest BCUT2D eigenvalue weighted by molar-refractivity contribution is 6.32. The van der Waals surface area contributed by atoms with E-state index >= 15 is 0 Å². The Morgan fingerprint density at radius 2 is 1.74 bits per heavy atom. The molecule has 0 bridgehead atoms. The maximum atomic E-state index is 12.8. The van der Waals surface area contributed by atoms with Gasteiger partial charge in [0.05, 0.1) is 10.6 Å². The number of hydrogen-bond donors (Lipinski definition) is 0. The summed E-state index contributed by atoms with van der Waals surface area (Å²) in [6.07, 6.45) is 1.44. The minimum absolute atomic E-state index is 0.0450. The number of rotatable bonds is 5. The molecular formula is C20H12Cl2N2O3. The van der Waals surface area contributed by atoms with Gasteiger partial charge in [-0.05, 0) is 29.8 Å². The van der Waals surface area contributed by atoms with Crippen molar-refractivity contribution in [2.75, 3.05) is 0 Å². The predicted octanol–water partition coefficient (Wildman–Crippen LogP) is 5.88. The van der Waals surface area contributed by atoms with Crippen LogP contribution < -0.4 is 0 Å². The van der Waals surface area contributed by atoms with Crippen molar-refractivity contribution in [3.05, 3.63) is 104 Å². The molecule has 0 atom stereocenters. The van der Waals surface area contributed by atoms with Crippen LogP contribution >= 0.6 is 23.2 Å². The quantitative estimate of drug-likeness (QED) is 0.233. The second-order valence-electron chi connectivity index (χ2n) is 5.58. The molecule has 0 spiro atoms. The number of ketones is 1. The van der Waals surface area contributed by atoms with Gasteiger partial charge in [-0.2, -0.15) is 0 Å². The molecule has 0 aromatic heterocycles. The molecule has 3 aromatic rings. The lowest BCUT2D eigenvalue weighted by atomic mass is 10.0. The molecule has 0 unspecified atom stereocenters. The summed E-state index contributed by atoms with van der Waals surface area (Å²) in [6, 6.07) is 17.9. The summed E-state index contributed by atoms with van der Waals surface area (Å²) in [5.74, 6) is -0.215. The molecule has 27 heavy (non-hydrogen) atoms. The number of nitro groups is 1. The summed E-state index contributed by atoms with van der Waals surface area (Å²) in [5.41, 5.74) is 1.54. The molecular weight excluding hydrogens is 387 g/mol. The summed E-state index contributed by atoms with van der Waals surface area (Å²) < 4.78 is 0. The van der Waals surface area contributed by atoms with Crippen molar-refractivity contribution in [2.45, 2.75) is 0 Å². The molecule has 0 aliphatic heterocycles. The molecule has 0 saturated heterocycles. The highest BCUT2D eigenvalue weighted by Crippen LogP contribution is 2.27. The van der Waals surface area contributed by atoms with Crippen molar-refractivity contribution in [1.82, 2.24) is 0 Å². The Kier molecular flexibility index (Phi) is 5.64. The summed E-state index contributed by atoms with van der Waals surface area (Å²) in [6.45, 7) is 0. The van der Waals surface area contributed by atoms with Crippen LogP contribution in [0, 0.1) is 10.1 Å². The third-order valence-corrected chi connectivity index (χ3v) is 4.31. The molecule has 3 aromatic carbocycles. The summed E-state index contributed by atoms with van der Waals surface area (Å²) in [7, 11) is 0. The van der Waals surface area contributed by atoms with Crippen LogP contribution in [0.15, 0.2) is 71.7 Å². The van der Waals surface area contributed by atoms with Crippen LogP contribution in [0.5, 0.6) is 0 Å². The van der Waals surface area contributed by atoms with Gasteiger partial charge in [0.2, 0.25) is 0 Å². The van der Waals surface area contributed by atoms with E-state index in [2.05, 4.69) is 4.99 Å². The third-order valence-electron chi connectivity index (χ3n) is 3.76. The number of benzene rings is 3. The molecule has 0 aliphatic rings. The molecule has 3 rings (SSSR count). The van der Waals surface area contributed by atoms with E-state index in [9.17, 15) is 14.9 Å². The number of hydrogen-bond acceptors (Lipinski definition) is 4. The zero-order valence-electron chi connectivity index (χ0n) is 13.8. The van der Waals surface area contributed by atoms with E-state index in [4.69, 9.17) is 23.2 Å². The Labute approximate surface area is 165 Å². The fourth-order valence-electron chi connectivity index (χ4n) is 2.44. The van der Waals surface area contributed by atoms with Crippen LogP contribution in [0.4, 0.5) is 11.4 Å². The second kappa shape index (κ2) is 8.12. The first-order valence-electron chi connectivity index (χ1n) is 7.83. The van der Waals surface area contributed by atoms with Gasteiger partial charge in [-0.15, -0.1) is 0 Å². The molecule has 5 nitrogen and oxygen atoms in total. The van der Waals surface area contributed by atoms with E-state index in [-0.39, 0.29) is 16.5 Å². The van der Waals surface area contributed by atoms with Gasteiger partial charge in [0.15, 0.2) is 5.78 Å². The van der Waals surface area contributed by atoms with Gasteiger partial charge in [-0.1, -0.05) is 59.6 Å². The number of nitro benzene ring substituents is 1. The first kappa shape index (κ1) is 18.8. The van der Waals surface area contributed by atoms with E-state index in [1.807, 2.05) is 6.07 Å². The van der Waals surface area contributed by atoms with Gasteiger partial charge in [0.1, 0.15) is 5.02 Å². The molecule has 0 aliphatic carbocycles. The molecule has 0 amide bonds. The highest BCUT2D eigenvalue weighted by atomic mass is 35.5. The summed E-state index contributed by atoms with van der Waals surface area (Å²) >= 11 is 11.9. The van der Waals surface area contributed by atoms with Crippen LogP contribution in [-0.2, 0) is 0 Å². The SMILES string of the molecule is O=C(c1ccccc1)c1cc(Cl)ccc1N=Cc1ccc(Cl)c([N+](=O)[O-])c1. The second-order valence-corrected chi connectivity index (χ2v) is 6.43. The zero-order chi connectivity index (χ0) is 19.4. The molecule has 7 heteroatoms. The first-order valence-corrected chi connectivity index (χ1v) is 8.58. The standard InChI is InChI=1S/C20H12Cl2N2O3/c21-15-7-9-18(16(11-15)20(25)14-4-2-1-3-5-14)23-12-13-6-8-17(22)19(10-13)24(26)27/h1-12H. The normalized spacial score (nSPS) is 10.9. The zero-order valence-corrected chi connectivity index (χ0v) is 15.3. The summed E-state index contributed by atoms with van der Waals surface area (Å²) in [5, 5.41) is 11.5. The van der Waals surface area contributed by atoms with E-state index in [1.54, 1.807) is 48.5 Å². The molecule has 0 radical (unpaired) electrons. The average molecular weight is 399 g/mol. The lowest BCUT2D eigenvalue weighted by Crippen LogP contribution is -2.01.